The zero-order valence-corrected chi connectivity index (χ0v) is 11.7. The molecule has 1 heterocycles. The van der Waals surface area contributed by atoms with E-state index in [1.54, 1.807) is 0 Å². The van der Waals surface area contributed by atoms with E-state index in [0.717, 1.165) is 11.1 Å². The number of anilines is 1. The Labute approximate surface area is 127 Å². The van der Waals surface area contributed by atoms with E-state index < -0.39 is 0 Å². The minimum Gasteiger partial charge on any atom is -0.334 e. The second-order valence-electron chi connectivity index (χ2n) is 4.62. The van der Waals surface area contributed by atoms with Crippen molar-refractivity contribution in [2.45, 2.75) is 6.54 Å². The lowest BCUT2D eigenvalue weighted by atomic mass is 10.1. The van der Waals surface area contributed by atoms with Crippen molar-refractivity contribution in [3.63, 3.8) is 0 Å². The van der Waals surface area contributed by atoms with Gasteiger partial charge in [0.2, 0.25) is 5.82 Å². The van der Waals surface area contributed by atoms with E-state index in [-0.39, 0.29) is 11.8 Å². The fourth-order valence-electron chi connectivity index (χ4n) is 1.99. The van der Waals surface area contributed by atoms with E-state index in [1.165, 1.54) is 0 Å². The van der Waals surface area contributed by atoms with Gasteiger partial charge in [-0.15, -0.1) is 0 Å². The number of nitrogens with zero attached hydrogens (tertiary/aromatic N) is 2. The molecular formula is C16H14N4O2. The van der Waals surface area contributed by atoms with Crippen LogP contribution in [0.4, 0.5) is 10.6 Å². The van der Waals surface area contributed by atoms with Gasteiger partial charge >= 0.3 is 6.03 Å². The quantitative estimate of drug-likeness (QED) is 0.775. The largest absolute Gasteiger partial charge is 0.334 e. The van der Waals surface area contributed by atoms with E-state index in [0.29, 0.717) is 12.2 Å². The fourth-order valence-corrected chi connectivity index (χ4v) is 1.99. The smallest absolute Gasteiger partial charge is 0.320 e. The summed E-state index contributed by atoms with van der Waals surface area (Å²) in [5.74, 6) is 0.289. The Bertz CT molecular complexity index is 741. The Balaban J connectivity index is 1.64. The van der Waals surface area contributed by atoms with Gasteiger partial charge in [0.1, 0.15) is 0 Å². The third-order valence-electron chi connectivity index (χ3n) is 3.06. The number of hydrogen-bond acceptors (Lipinski definition) is 4. The third-order valence-corrected chi connectivity index (χ3v) is 3.06. The SMILES string of the molecule is O=C(NCc1ccccc1)Nc1nonc1-c1ccccc1. The van der Waals surface area contributed by atoms with Crippen molar-refractivity contribution < 1.29 is 9.42 Å². The van der Waals surface area contributed by atoms with Crippen molar-refractivity contribution >= 4 is 11.8 Å². The van der Waals surface area contributed by atoms with Gasteiger partial charge in [-0.2, -0.15) is 0 Å². The average molecular weight is 294 g/mol. The molecule has 22 heavy (non-hydrogen) atoms. The molecule has 2 aromatic carbocycles. The van der Waals surface area contributed by atoms with Crippen LogP contribution in [0.1, 0.15) is 5.56 Å². The standard InChI is InChI=1S/C16H14N4O2/c21-16(17-11-12-7-3-1-4-8-12)18-15-14(19-22-20-15)13-9-5-2-6-10-13/h1-10H,11H2,(H2,17,18,20,21). The predicted octanol–water partition coefficient (Wildman–Crippen LogP) is 3.06. The van der Waals surface area contributed by atoms with Crippen LogP contribution >= 0.6 is 0 Å². The third kappa shape index (κ3) is 3.29. The van der Waals surface area contributed by atoms with Crippen LogP contribution < -0.4 is 10.6 Å². The summed E-state index contributed by atoms with van der Waals surface area (Å²) in [7, 11) is 0. The van der Waals surface area contributed by atoms with Gasteiger partial charge in [0.25, 0.3) is 0 Å². The number of benzene rings is 2. The minimum atomic E-state index is -0.364. The summed E-state index contributed by atoms with van der Waals surface area (Å²) in [6.45, 7) is 0.429. The molecule has 0 saturated carbocycles. The highest BCUT2D eigenvalue weighted by Crippen LogP contribution is 2.23. The molecule has 0 spiro atoms. The molecular weight excluding hydrogens is 280 g/mol. The zero-order chi connectivity index (χ0) is 15.2. The molecule has 2 amide bonds. The molecule has 2 N–H and O–H groups in total. The average Bonchev–Trinajstić information content (AvgIpc) is 3.03. The van der Waals surface area contributed by atoms with Gasteiger partial charge in [-0.1, -0.05) is 60.7 Å². The molecule has 1 aromatic heterocycles. The molecule has 0 aliphatic heterocycles. The molecule has 3 rings (SSSR count). The molecule has 0 aliphatic carbocycles. The Kier molecular flexibility index (Phi) is 4.10. The van der Waals surface area contributed by atoms with E-state index in [2.05, 4.69) is 20.9 Å². The number of rotatable bonds is 4. The maximum absolute atomic E-state index is 11.9. The fraction of sp³-hybridized carbons (Fsp3) is 0.0625. The number of carbonyl (C=O) groups excluding carboxylic acids is 1. The summed E-state index contributed by atoms with van der Waals surface area (Å²) in [4.78, 5) is 11.9. The normalized spacial score (nSPS) is 10.2. The van der Waals surface area contributed by atoms with Crippen molar-refractivity contribution in [2.75, 3.05) is 5.32 Å². The number of nitrogens with one attached hydrogen (secondary N) is 2. The molecule has 6 heteroatoms. The van der Waals surface area contributed by atoms with Gasteiger partial charge in [0.15, 0.2) is 5.69 Å². The van der Waals surface area contributed by atoms with Gasteiger partial charge < -0.3 is 5.32 Å². The molecule has 0 bridgehead atoms. The van der Waals surface area contributed by atoms with Crippen molar-refractivity contribution in [3.8, 4) is 11.3 Å². The number of amides is 2. The van der Waals surface area contributed by atoms with Gasteiger partial charge in [0.05, 0.1) is 0 Å². The molecule has 0 radical (unpaired) electrons. The number of aromatic nitrogens is 2. The summed E-state index contributed by atoms with van der Waals surface area (Å²) in [6, 6.07) is 18.7. The summed E-state index contributed by atoms with van der Waals surface area (Å²) in [6.07, 6.45) is 0. The molecule has 0 saturated heterocycles. The van der Waals surface area contributed by atoms with Gasteiger partial charge in [-0.05, 0) is 15.9 Å². The number of carbonyl (C=O) groups is 1. The van der Waals surface area contributed by atoms with Crippen molar-refractivity contribution in [2.24, 2.45) is 0 Å². The van der Waals surface area contributed by atoms with Crippen LogP contribution in [-0.2, 0) is 6.54 Å². The first-order valence-electron chi connectivity index (χ1n) is 6.79. The van der Waals surface area contributed by atoms with Gasteiger partial charge in [-0.25, -0.2) is 9.42 Å². The summed E-state index contributed by atoms with van der Waals surface area (Å²) < 4.78 is 4.72. The zero-order valence-electron chi connectivity index (χ0n) is 11.7. The second kappa shape index (κ2) is 6.53. The molecule has 0 atom stereocenters. The maximum atomic E-state index is 11.9. The highest BCUT2D eigenvalue weighted by Gasteiger charge is 2.14. The van der Waals surface area contributed by atoms with Crippen LogP contribution in [0.5, 0.6) is 0 Å². The molecule has 0 unspecified atom stereocenters. The lowest BCUT2D eigenvalue weighted by molar-refractivity contribution is 0.251. The lowest BCUT2D eigenvalue weighted by Gasteiger charge is -2.06. The number of hydrogen-bond donors (Lipinski definition) is 2. The molecule has 6 nitrogen and oxygen atoms in total. The van der Waals surface area contributed by atoms with Crippen LogP contribution in [0.3, 0.4) is 0 Å². The minimum absolute atomic E-state index is 0.289. The van der Waals surface area contributed by atoms with Gasteiger partial charge in [0, 0.05) is 12.1 Å². The summed E-state index contributed by atoms with van der Waals surface area (Å²) in [5.41, 5.74) is 2.33. The Hall–Kier alpha value is -3.15. The highest BCUT2D eigenvalue weighted by atomic mass is 16.6. The summed E-state index contributed by atoms with van der Waals surface area (Å²) in [5, 5.41) is 13.0. The first-order chi connectivity index (χ1) is 10.8. The molecule has 110 valence electrons. The first kappa shape index (κ1) is 13.8. The first-order valence-corrected chi connectivity index (χ1v) is 6.79. The second-order valence-corrected chi connectivity index (χ2v) is 4.62. The molecule has 0 fully saturated rings. The lowest BCUT2D eigenvalue weighted by Crippen LogP contribution is -2.28. The monoisotopic (exact) mass is 294 g/mol. The van der Waals surface area contributed by atoms with E-state index in [4.69, 9.17) is 4.63 Å². The van der Waals surface area contributed by atoms with Gasteiger partial charge in [-0.3, -0.25) is 5.32 Å². The Morgan fingerprint density at radius 1 is 0.955 bits per heavy atom. The van der Waals surface area contributed by atoms with Crippen molar-refractivity contribution in [1.29, 1.82) is 0 Å². The highest BCUT2D eigenvalue weighted by molar-refractivity contribution is 5.91. The van der Waals surface area contributed by atoms with Crippen LogP contribution in [0.2, 0.25) is 0 Å². The van der Waals surface area contributed by atoms with Crippen LogP contribution in [0.15, 0.2) is 65.3 Å². The van der Waals surface area contributed by atoms with Crippen molar-refractivity contribution in [3.05, 3.63) is 66.2 Å². The topological polar surface area (TPSA) is 80.0 Å². The maximum Gasteiger partial charge on any atom is 0.320 e. The van der Waals surface area contributed by atoms with E-state index >= 15 is 0 Å². The molecule has 0 aliphatic rings. The van der Waals surface area contributed by atoms with Crippen molar-refractivity contribution in [1.82, 2.24) is 15.6 Å². The Morgan fingerprint density at radius 3 is 2.36 bits per heavy atom. The van der Waals surface area contributed by atoms with E-state index in [1.807, 2.05) is 60.7 Å². The van der Waals surface area contributed by atoms with E-state index in [9.17, 15) is 4.79 Å². The van der Waals surface area contributed by atoms with Crippen LogP contribution in [0.25, 0.3) is 11.3 Å². The predicted molar refractivity (Wildman–Crippen MR) is 82.0 cm³/mol. The van der Waals surface area contributed by atoms with Crippen LogP contribution in [0, 0.1) is 0 Å². The number of urea groups is 1. The Morgan fingerprint density at radius 2 is 1.64 bits per heavy atom. The summed E-state index contributed by atoms with van der Waals surface area (Å²) >= 11 is 0. The van der Waals surface area contributed by atoms with Crippen LogP contribution in [-0.4, -0.2) is 16.3 Å². The molecule has 3 aromatic rings.